The first-order valence-corrected chi connectivity index (χ1v) is 8.92. The molecule has 2 heterocycles. The molecule has 130 valence electrons. The van der Waals surface area contributed by atoms with Crippen molar-refractivity contribution in [3.63, 3.8) is 0 Å². The number of hydrogen-bond acceptors (Lipinski definition) is 3. The predicted octanol–water partition coefficient (Wildman–Crippen LogP) is 1.95. The molecule has 2 aliphatic heterocycles. The molecular weight excluding hydrogens is 302 g/mol. The third-order valence-corrected chi connectivity index (χ3v) is 5.09. The van der Waals surface area contributed by atoms with Crippen molar-refractivity contribution in [1.29, 1.82) is 0 Å². The van der Waals surface area contributed by atoms with Gasteiger partial charge in [0.05, 0.1) is 0 Å². The largest absolute Gasteiger partial charge is 0.338 e. The summed E-state index contributed by atoms with van der Waals surface area (Å²) in [5.74, 6) is 0.636. The number of hydrogen-bond donors (Lipinski definition) is 0. The van der Waals surface area contributed by atoms with Crippen LogP contribution in [0.25, 0.3) is 0 Å². The van der Waals surface area contributed by atoms with E-state index in [-0.39, 0.29) is 11.8 Å². The first kappa shape index (κ1) is 17.0. The van der Waals surface area contributed by atoms with E-state index in [0.29, 0.717) is 17.0 Å². The third kappa shape index (κ3) is 3.78. The van der Waals surface area contributed by atoms with Gasteiger partial charge in [0, 0.05) is 50.4 Å². The first-order chi connectivity index (χ1) is 11.5. The smallest absolute Gasteiger partial charge is 0.253 e. The van der Waals surface area contributed by atoms with Crippen LogP contribution in [0.5, 0.6) is 0 Å². The van der Waals surface area contributed by atoms with Gasteiger partial charge in [-0.1, -0.05) is 13.0 Å². The van der Waals surface area contributed by atoms with E-state index in [4.69, 9.17) is 0 Å². The summed E-state index contributed by atoms with van der Waals surface area (Å²) >= 11 is 0. The zero-order chi connectivity index (χ0) is 17.1. The molecule has 5 nitrogen and oxygen atoms in total. The van der Waals surface area contributed by atoms with Crippen LogP contribution < -0.4 is 0 Å². The Hall–Kier alpha value is -1.88. The van der Waals surface area contributed by atoms with Crippen molar-refractivity contribution in [2.75, 3.05) is 46.3 Å². The van der Waals surface area contributed by atoms with Crippen molar-refractivity contribution in [3.05, 3.63) is 35.4 Å². The summed E-state index contributed by atoms with van der Waals surface area (Å²) in [6.07, 6.45) is 2.25. The number of piperazine rings is 1. The lowest BCUT2D eigenvalue weighted by Crippen LogP contribution is -2.47. The van der Waals surface area contributed by atoms with E-state index < -0.39 is 0 Å². The Labute approximate surface area is 144 Å². The molecule has 1 aromatic rings. The van der Waals surface area contributed by atoms with E-state index in [0.717, 1.165) is 45.7 Å². The second-order valence-corrected chi connectivity index (χ2v) is 7.17. The summed E-state index contributed by atoms with van der Waals surface area (Å²) in [5.41, 5.74) is 1.25. The Balaban J connectivity index is 1.71. The highest BCUT2D eigenvalue weighted by Gasteiger charge is 2.24. The van der Waals surface area contributed by atoms with Crippen LogP contribution in [0.2, 0.25) is 0 Å². The Morgan fingerprint density at radius 1 is 0.958 bits per heavy atom. The van der Waals surface area contributed by atoms with Crippen molar-refractivity contribution in [3.8, 4) is 0 Å². The maximum Gasteiger partial charge on any atom is 0.253 e. The number of likely N-dealkylation sites (N-methyl/N-ethyl adjacent to an activating group) is 1. The molecule has 0 radical (unpaired) electrons. The fourth-order valence-corrected chi connectivity index (χ4v) is 3.53. The van der Waals surface area contributed by atoms with Gasteiger partial charge in [-0.05, 0) is 44.0 Å². The minimum absolute atomic E-state index is 0.0322. The van der Waals surface area contributed by atoms with Crippen LogP contribution in [0.4, 0.5) is 0 Å². The second-order valence-electron chi connectivity index (χ2n) is 7.17. The summed E-state index contributed by atoms with van der Waals surface area (Å²) in [5, 5.41) is 0. The van der Waals surface area contributed by atoms with Crippen molar-refractivity contribution in [1.82, 2.24) is 14.7 Å². The van der Waals surface area contributed by atoms with Gasteiger partial charge in [-0.2, -0.15) is 0 Å². The van der Waals surface area contributed by atoms with Crippen LogP contribution in [0.3, 0.4) is 0 Å². The van der Waals surface area contributed by atoms with Gasteiger partial charge in [-0.15, -0.1) is 0 Å². The number of benzene rings is 1. The molecule has 1 atom stereocenters. The predicted molar refractivity (Wildman–Crippen MR) is 94.1 cm³/mol. The van der Waals surface area contributed by atoms with Crippen molar-refractivity contribution in [2.24, 2.45) is 5.92 Å². The van der Waals surface area contributed by atoms with Gasteiger partial charge in [-0.25, -0.2) is 0 Å². The topological polar surface area (TPSA) is 43.9 Å². The standard InChI is InChI=1S/C19H27N3O2/c1-15-5-4-8-22(14-15)19(24)17-7-3-6-16(13-17)18(23)21-11-9-20(2)10-12-21/h3,6-7,13,15H,4-5,8-12,14H2,1-2H3. The molecule has 0 spiro atoms. The molecule has 1 unspecified atom stereocenters. The number of rotatable bonds is 2. The van der Waals surface area contributed by atoms with Gasteiger partial charge in [0.15, 0.2) is 0 Å². The monoisotopic (exact) mass is 329 g/mol. The first-order valence-electron chi connectivity index (χ1n) is 8.92. The molecule has 2 saturated heterocycles. The summed E-state index contributed by atoms with van der Waals surface area (Å²) < 4.78 is 0. The number of likely N-dealkylation sites (tertiary alicyclic amines) is 1. The highest BCUT2D eigenvalue weighted by molar-refractivity contribution is 5.99. The molecule has 0 aromatic heterocycles. The fourth-order valence-electron chi connectivity index (χ4n) is 3.53. The maximum absolute atomic E-state index is 12.7. The molecule has 2 amide bonds. The molecule has 1 aromatic carbocycles. The number of nitrogens with zero attached hydrogens (tertiary/aromatic N) is 3. The molecule has 0 N–H and O–H groups in total. The molecular formula is C19H27N3O2. The van der Waals surface area contributed by atoms with E-state index in [1.165, 1.54) is 6.42 Å². The molecule has 5 heteroatoms. The van der Waals surface area contributed by atoms with Crippen LogP contribution in [0.15, 0.2) is 24.3 Å². The summed E-state index contributed by atoms with van der Waals surface area (Å²) in [6.45, 7) is 7.11. The zero-order valence-corrected chi connectivity index (χ0v) is 14.7. The lowest BCUT2D eigenvalue weighted by molar-refractivity contribution is 0.0664. The number of carbonyl (C=O) groups is 2. The molecule has 0 aliphatic carbocycles. The Kier molecular flexibility index (Phi) is 5.19. The summed E-state index contributed by atoms with van der Waals surface area (Å²) in [6, 6.07) is 7.23. The van der Waals surface area contributed by atoms with Gasteiger partial charge in [0.1, 0.15) is 0 Å². The minimum Gasteiger partial charge on any atom is -0.338 e. The van der Waals surface area contributed by atoms with Crippen molar-refractivity contribution in [2.45, 2.75) is 19.8 Å². The Bertz CT molecular complexity index is 608. The van der Waals surface area contributed by atoms with Crippen molar-refractivity contribution >= 4 is 11.8 Å². The van der Waals surface area contributed by atoms with E-state index in [1.54, 1.807) is 6.07 Å². The molecule has 24 heavy (non-hydrogen) atoms. The third-order valence-electron chi connectivity index (χ3n) is 5.09. The second kappa shape index (κ2) is 7.34. The van der Waals surface area contributed by atoms with Crippen LogP contribution in [0, 0.1) is 5.92 Å². The SMILES string of the molecule is CC1CCCN(C(=O)c2cccc(C(=O)N3CCN(C)CC3)c2)C1. The lowest BCUT2D eigenvalue weighted by atomic mass is 9.99. The number of amides is 2. The highest BCUT2D eigenvalue weighted by Crippen LogP contribution is 2.19. The minimum atomic E-state index is 0.0322. The number of carbonyl (C=O) groups excluding carboxylic acids is 2. The zero-order valence-electron chi connectivity index (χ0n) is 14.7. The normalized spacial score (nSPS) is 22.5. The molecule has 0 bridgehead atoms. The molecule has 3 rings (SSSR count). The summed E-state index contributed by atoms with van der Waals surface area (Å²) in [4.78, 5) is 31.5. The molecule has 2 aliphatic rings. The quantitative estimate of drug-likeness (QED) is 0.833. The van der Waals surface area contributed by atoms with Crippen LogP contribution in [-0.4, -0.2) is 72.8 Å². The fraction of sp³-hybridized carbons (Fsp3) is 0.579. The van der Waals surface area contributed by atoms with Gasteiger partial charge >= 0.3 is 0 Å². The summed E-state index contributed by atoms with van der Waals surface area (Å²) in [7, 11) is 2.07. The van der Waals surface area contributed by atoms with E-state index >= 15 is 0 Å². The van der Waals surface area contributed by atoms with Crippen molar-refractivity contribution < 1.29 is 9.59 Å². The molecule has 2 fully saturated rings. The van der Waals surface area contributed by atoms with E-state index in [9.17, 15) is 9.59 Å². The van der Waals surface area contributed by atoms with Crippen LogP contribution in [0.1, 0.15) is 40.5 Å². The average Bonchev–Trinajstić information content (AvgIpc) is 2.61. The Morgan fingerprint density at radius 3 is 2.21 bits per heavy atom. The number of piperidine rings is 1. The van der Waals surface area contributed by atoms with Gasteiger partial charge in [-0.3, -0.25) is 9.59 Å². The highest BCUT2D eigenvalue weighted by atomic mass is 16.2. The lowest BCUT2D eigenvalue weighted by Gasteiger charge is -2.33. The van der Waals surface area contributed by atoms with Crippen LogP contribution >= 0.6 is 0 Å². The van der Waals surface area contributed by atoms with Gasteiger partial charge in [0.25, 0.3) is 11.8 Å². The average molecular weight is 329 g/mol. The van der Waals surface area contributed by atoms with Gasteiger partial charge < -0.3 is 14.7 Å². The Morgan fingerprint density at radius 2 is 1.58 bits per heavy atom. The van der Waals surface area contributed by atoms with Gasteiger partial charge in [0.2, 0.25) is 0 Å². The maximum atomic E-state index is 12.7. The van der Waals surface area contributed by atoms with Crippen LogP contribution in [-0.2, 0) is 0 Å². The van der Waals surface area contributed by atoms with E-state index in [1.807, 2.05) is 28.0 Å². The van der Waals surface area contributed by atoms with E-state index in [2.05, 4.69) is 18.9 Å². The molecule has 0 saturated carbocycles.